The molecule has 4 rings (SSSR count). The number of nitrogens with zero attached hydrogens (tertiary/aromatic N) is 2. The zero-order chi connectivity index (χ0) is 18.1. The van der Waals surface area contributed by atoms with Crippen LogP contribution >= 0.6 is 0 Å². The van der Waals surface area contributed by atoms with Crippen LogP contribution in [0.2, 0.25) is 0 Å². The Hall–Kier alpha value is -1.84. The maximum atomic E-state index is 13.0. The summed E-state index contributed by atoms with van der Waals surface area (Å²) in [7, 11) is -3.61. The quantitative estimate of drug-likeness (QED) is 0.703. The van der Waals surface area contributed by atoms with E-state index in [0.717, 1.165) is 6.42 Å². The lowest BCUT2D eigenvalue weighted by molar-refractivity contribution is -0.142. The van der Waals surface area contributed by atoms with Crippen LogP contribution in [0.25, 0.3) is 0 Å². The molecule has 0 amide bonds. The van der Waals surface area contributed by atoms with Crippen molar-refractivity contribution in [3.63, 3.8) is 0 Å². The first-order chi connectivity index (χ1) is 12.6. The molecule has 3 heterocycles. The van der Waals surface area contributed by atoms with Gasteiger partial charge in [-0.25, -0.2) is 8.42 Å². The molecule has 142 valence electrons. The number of carbonyl (C=O) groups excluding carboxylic acids is 1. The summed E-state index contributed by atoms with van der Waals surface area (Å²) in [5.74, 6) is 0.839. The summed E-state index contributed by atoms with van der Waals surface area (Å²) in [5, 5.41) is 0. The number of sulfonamides is 1. The zero-order valence-electron chi connectivity index (χ0n) is 14.4. The second-order valence-corrected chi connectivity index (χ2v) is 8.51. The number of benzene rings is 1. The number of piperazine rings is 1. The molecule has 8 nitrogen and oxygen atoms in total. The van der Waals surface area contributed by atoms with Gasteiger partial charge in [0.1, 0.15) is 6.04 Å². The van der Waals surface area contributed by atoms with Crippen LogP contribution < -0.4 is 9.47 Å². The maximum absolute atomic E-state index is 13.0. The number of hydrogen-bond donors (Lipinski definition) is 0. The predicted molar refractivity (Wildman–Crippen MR) is 91.7 cm³/mol. The summed E-state index contributed by atoms with van der Waals surface area (Å²) < 4.78 is 43.6. The van der Waals surface area contributed by atoms with Crippen molar-refractivity contribution in [2.45, 2.75) is 23.8 Å². The van der Waals surface area contributed by atoms with E-state index in [-0.39, 0.29) is 16.9 Å². The van der Waals surface area contributed by atoms with Crippen molar-refractivity contribution in [3.05, 3.63) is 18.2 Å². The molecule has 1 unspecified atom stereocenters. The summed E-state index contributed by atoms with van der Waals surface area (Å²) in [6.45, 7) is 3.24. The van der Waals surface area contributed by atoms with Gasteiger partial charge in [-0.15, -0.1) is 0 Å². The highest BCUT2D eigenvalue weighted by molar-refractivity contribution is 7.89. The Kier molecular flexibility index (Phi) is 4.76. The number of fused-ring (bicyclic) bond motifs is 1. The topological polar surface area (TPSA) is 85.4 Å². The lowest BCUT2D eigenvalue weighted by atomic mass is 10.2. The third-order valence-electron chi connectivity index (χ3n) is 4.98. The van der Waals surface area contributed by atoms with Crippen molar-refractivity contribution in [2.75, 3.05) is 46.0 Å². The van der Waals surface area contributed by atoms with Gasteiger partial charge >= 0.3 is 5.97 Å². The largest absolute Gasteiger partial charge is 0.490 e. The van der Waals surface area contributed by atoms with E-state index in [1.807, 2.05) is 4.90 Å². The van der Waals surface area contributed by atoms with Crippen LogP contribution in [0.15, 0.2) is 23.1 Å². The smallest absolute Gasteiger partial charge is 0.323 e. The van der Waals surface area contributed by atoms with E-state index in [1.165, 1.54) is 10.4 Å². The highest BCUT2D eigenvalue weighted by Crippen LogP contribution is 2.33. The second-order valence-electron chi connectivity index (χ2n) is 6.57. The Morgan fingerprint density at radius 2 is 1.65 bits per heavy atom. The summed E-state index contributed by atoms with van der Waals surface area (Å²) in [6, 6.07) is 4.51. The van der Waals surface area contributed by atoms with E-state index < -0.39 is 10.0 Å². The highest BCUT2D eigenvalue weighted by Gasteiger charge is 2.36. The highest BCUT2D eigenvalue weighted by atomic mass is 32.2. The van der Waals surface area contributed by atoms with E-state index in [2.05, 4.69) is 0 Å². The summed E-state index contributed by atoms with van der Waals surface area (Å²) in [4.78, 5) is 13.9. The number of rotatable bonds is 3. The number of ether oxygens (including phenoxy) is 3. The monoisotopic (exact) mass is 382 g/mol. The van der Waals surface area contributed by atoms with E-state index >= 15 is 0 Å². The molecule has 3 aliphatic heterocycles. The molecule has 0 bridgehead atoms. The molecule has 0 spiro atoms. The minimum Gasteiger partial charge on any atom is -0.490 e. The average molecular weight is 382 g/mol. The Balaban J connectivity index is 1.47. The lowest BCUT2D eigenvalue weighted by Crippen LogP contribution is -2.52. The molecular weight excluding hydrogens is 360 g/mol. The first-order valence-corrected chi connectivity index (χ1v) is 10.3. The third kappa shape index (κ3) is 3.26. The summed E-state index contributed by atoms with van der Waals surface area (Å²) in [5.41, 5.74) is 0. The molecule has 0 aliphatic carbocycles. The second kappa shape index (κ2) is 7.05. The zero-order valence-corrected chi connectivity index (χ0v) is 15.2. The fourth-order valence-electron chi connectivity index (χ4n) is 3.53. The average Bonchev–Trinajstić information content (AvgIpc) is 2.94. The Morgan fingerprint density at radius 3 is 2.35 bits per heavy atom. The standard InChI is InChI=1S/C17H22N2O6S/c20-17-14(4-11-25-17)18-5-7-19(8-6-18)26(21,22)13-2-3-15-16(12-13)24-10-1-9-23-15/h2-3,12,14H,1,4-11H2. The fraction of sp³-hybridized carbons (Fsp3) is 0.588. The van der Waals surface area contributed by atoms with Gasteiger partial charge in [0.15, 0.2) is 11.5 Å². The van der Waals surface area contributed by atoms with E-state index in [9.17, 15) is 13.2 Å². The van der Waals surface area contributed by atoms with Gasteiger partial charge in [0.05, 0.1) is 24.7 Å². The molecule has 9 heteroatoms. The number of esters is 1. The van der Waals surface area contributed by atoms with Crippen LogP contribution in [0, 0.1) is 0 Å². The van der Waals surface area contributed by atoms with Crippen molar-refractivity contribution in [1.29, 1.82) is 0 Å². The Bertz CT molecular complexity index is 788. The van der Waals surface area contributed by atoms with Crippen molar-refractivity contribution in [2.24, 2.45) is 0 Å². The molecule has 0 saturated carbocycles. The van der Waals surface area contributed by atoms with Crippen molar-refractivity contribution in [3.8, 4) is 11.5 Å². The molecule has 26 heavy (non-hydrogen) atoms. The van der Waals surface area contributed by atoms with Crippen LogP contribution in [-0.2, 0) is 19.6 Å². The van der Waals surface area contributed by atoms with Gasteiger partial charge in [0.2, 0.25) is 10.0 Å². The molecule has 0 radical (unpaired) electrons. The van der Waals surface area contributed by atoms with E-state index in [4.69, 9.17) is 14.2 Å². The minimum atomic E-state index is -3.61. The molecular formula is C17H22N2O6S. The van der Waals surface area contributed by atoms with Crippen LogP contribution in [0.5, 0.6) is 11.5 Å². The van der Waals surface area contributed by atoms with Gasteiger partial charge in [-0.3, -0.25) is 9.69 Å². The Labute approximate surface area is 152 Å². The summed E-state index contributed by atoms with van der Waals surface area (Å²) in [6.07, 6.45) is 1.44. The SMILES string of the molecule is O=C1OCCC1N1CCN(S(=O)(=O)c2ccc3c(c2)OCCCO3)CC1. The molecule has 2 fully saturated rings. The first kappa shape index (κ1) is 17.6. The van der Waals surface area contributed by atoms with E-state index in [1.54, 1.807) is 12.1 Å². The lowest BCUT2D eigenvalue weighted by Gasteiger charge is -2.35. The van der Waals surface area contributed by atoms with Crippen LogP contribution in [0.1, 0.15) is 12.8 Å². The van der Waals surface area contributed by atoms with Gasteiger partial charge in [0, 0.05) is 45.1 Å². The molecule has 0 aromatic heterocycles. The molecule has 1 atom stereocenters. The number of carbonyl (C=O) groups is 1. The van der Waals surface area contributed by atoms with Crippen LogP contribution in [0.3, 0.4) is 0 Å². The van der Waals surface area contributed by atoms with Crippen LogP contribution in [0.4, 0.5) is 0 Å². The van der Waals surface area contributed by atoms with Gasteiger partial charge in [-0.05, 0) is 12.1 Å². The minimum absolute atomic E-state index is 0.204. The fourth-order valence-corrected chi connectivity index (χ4v) is 4.96. The van der Waals surface area contributed by atoms with Crippen LogP contribution in [-0.4, -0.2) is 75.6 Å². The molecule has 1 aromatic carbocycles. The van der Waals surface area contributed by atoms with Gasteiger partial charge in [0.25, 0.3) is 0 Å². The van der Waals surface area contributed by atoms with Gasteiger partial charge < -0.3 is 14.2 Å². The molecule has 2 saturated heterocycles. The van der Waals surface area contributed by atoms with Gasteiger partial charge in [-0.1, -0.05) is 0 Å². The van der Waals surface area contributed by atoms with Crippen molar-refractivity contribution in [1.82, 2.24) is 9.21 Å². The Morgan fingerprint density at radius 1 is 0.923 bits per heavy atom. The molecule has 0 N–H and O–H groups in total. The van der Waals surface area contributed by atoms with Crippen molar-refractivity contribution < 1.29 is 27.4 Å². The summed E-state index contributed by atoms with van der Waals surface area (Å²) >= 11 is 0. The number of hydrogen-bond acceptors (Lipinski definition) is 7. The number of cyclic esters (lactones) is 1. The van der Waals surface area contributed by atoms with E-state index in [0.29, 0.717) is 63.9 Å². The van der Waals surface area contributed by atoms with Crippen molar-refractivity contribution >= 4 is 16.0 Å². The maximum Gasteiger partial charge on any atom is 0.323 e. The molecule has 3 aliphatic rings. The third-order valence-corrected chi connectivity index (χ3v) is 6.87. The predicted octanol–water partition coefficient (Wildman–Crippen LogP) is 0.470. The van der Waals surface area contributed by atoms with Gasteiger partial charge in [-0.2, -0.15) is 4.31 Å². The molecule has 1 aromatic rings. The first-order valence-electron chi connectivity index (χ1n) is 8.86. The normalized spacial score (nSPS) is 24.9.